The van der Waals surface area contributed by atoms with E-state index in [9.17, 15) is 9.59 Å². The Labute approximate surface area is 129 Å². The van der Waals surface area contributed by atoms with Crippen LogP contribution in [-0.4, -0.2) is 23.0 Å². The number of hydrogen-bond donors (Lipinski definition) is 2. The third kappa shape index (κ3) is 2.35. The van der Waals surface area contributed by atoms with Crippen LogP contribution in [0.2, 0.25) is 0 Å². The molecule has 1 aromatic carbocycles. The number of fused-ring (bicyclic) bond motifs is 1. The summed E-state index contributed by atoms with van der Waals surface area (Å²) >= 11 is 1.19. The number of hydrogen-bond acceptors (Lipinski definition) is 5. The first kappa shape index (κ1) is 14.3. The van der Waals surface area contributed by atoms with Crippen molar-refractivity contribution < 1.29 is 9.53 Å². The van der Waals surface area contributed by atoms with Crippen LogP contribution in [0.15, 0.2) is 35.4 Å². The molecule has 0 unspecified atom stereocenters. The molecule has 0 bridgehead atoms. The summed E-state index contributed by atoms with van der Waals surface area (Å²) in [5, 5.41) is 3.26. The maximum absolute atomic E-state index is 12.5. The zero-order valence-electron chi connectivity index (χ0n) is 12.0. The lowest BCUT2D eigenvalue weighted by Crippen LogP contribution is -2.12. The van der Waals surface area contributed by atoms with E-state index in [1.54, 1.807) is 26.2 Å². The molecule has 1 amide bonds. The lowest BCUT2D eigenvalue weighted by atomic mass is 10.2. The van der Waals surface area contributed by atoms with Gasteiger partial charge in [0.1, 0.15) is 10.6 Å². The van der Waals surface area contributed by atoms with Crippen molar-refractivity contribution in [3.8, 4) is 5.75 Å². The Hall–Kier alpha value is -2.67. The van der Waals surface area contributed by atoms with Crippen molar-refractivity contribution in [3.63, 3.8) is 0 Å². The van der Waals surface area contributed by atoms with Crippen molar-refractivity contribution in [1.82, 2.24) is 9.97 Å². The fourth-order valence-corrected chi connectivity index (χ4v) is 3.27. The number of nitrogens with zero attached hydrogens (tertiary/aromatic N) is 1. The normalized spacial score (nSPS) is 10.6. The van der Waals surface area contributed by atoms with Crippen molar-refractivity contribution in [1.29, 1.82) is 0 Å². The minimum absolute atomic E-state index is 0.241. The van der Waals surface area contributed by atoms with Crippen LogP contribution < -0.4 is 15.6 Å². The van der Waals surface area contributed by atoms with Crippen LogP contribution in [0, 0.1) is 6.92 Å². The van der Waals surface area contributed by atoms with E-state index in [2.05, 4.69) is 15.3 Å². The van der Waals surface area contributed by atoms with Crippen LogP contribution >= 0.6 is 11.3 Å². The van der Waals surface area contributed by atoms with Crippen molar-refractivity contribution in [2.24, 2.45) is 0 Å². The minimum Gasteiger partial charge on any atom is -0.495 e. The number of nitrogens with one attached hydrogen (secondary N) is 2. The number of rotatable bonds is 3. The highest BCUT2D eigenvalue weighted by Crippen LogP contribution is 2.29. The first-order valence-electron chi connectivity index (χ1n) is 6.53. The van der Waals surface area contributed by atoms with Gasteiger partial charge in [-0.3, -0.25) is 9.59 Å². The zero-order chi connectivity index (χ0) is 15.7. The predicted molar refractivity (Wildman–Crippen MR) is 85.9 cm³/mol. The molecule has 0 spiro atoms. The minimum atomic E-state index is -0.288. The van der Waals surface area contributed by atoms with E-state index >= 15 is 0 Å². The maximum Gasteiger partial charge on any atom is 0.266 e. The number of aryl methyl sites for hydroxylation is 1. The summed E-state index contributed by atoms with van der Waals surface area (Å²) in [7, 11) is 1.54. The number of thiophene rings is 1. The van der Waals surface area contributed by atoms with Crippen molar-refractivity contribution in [3.05, 3.63) is 51.4 Å². The van der Waals surface area contributed by atoms with Crippen LogP contribution in [0.4, 0.5) is 5.69 Å². The number of H-pyrrole nitrogens is 1. The maximum atomic E-state index is 12.5. The molecule has 2 heterocycles. The second-order valence-corrected chi connectivity index (χ2v) is 5.62. The van der Waals surface area contributed by atoms with Gasteiger partial charge in [-0.25, -0.2) is 4.98 Å². The lowest BCUT2D eigenvalue weighted by Gasteiger charge is -2.09. The lowest BCUT2D eigenvalue weighted by molar-refractivity contribution is 0.102. The van der Waals surface area contributed by atoms with Gasteiger partial charge < -0.3 is 15.0 Å². The van der Waals surface area contributed by atoms with Crippen LogP contribution in [0.25, 0.3) is 10.2 Å². The summed E-state index contributed by atoms with van der Waals surface area (Å²) in [5.74, 6) is 0.287. The largest absolute Gasteiger partial charge is 0.495 e. The quantitative estimate of drug-likeness (QED) is 0.778. The molecule has 3 rings (SSSR count). The number of carbonyl (C=O) groups excluding carboxylic acids is 1. The first-order valence-corrected chi connectivity index (χ1v) is 7.34. The fraction of sp³-hybridized carbons (Fsp3) is 0.133. The number of carbonyl (C=O) groups is 1. The predicted octanol–water partition coefficient (Wildman–Crippen LogP) is 2.55. The van der Waals surface area contributed by atoms with Crippen LogP contribution in [0.5, 0.6) is 5.75 Å². The number of anilines is 1. The van der Waals surface area contributed by atoms with Gasteiger partial charge in [-0.2, -0.15) is 0 Å². The molecule has 0 saturated carbocycles. The molecule has 0 aliphatic carbocycles. The van der Waals surface area contributed by atoms with Gasteiger partial charge in [0.05, 0.1) is 29.4 Å². The number of aromatic amines is 1. The van der Waals surface area contributed by atoms with E-state index in [4.69, 9.17) is 4.74 Å². The molecular weight excluding hydrogens is 302 g/mol. The van der Waals surface area contributed by atoms with Gasteiger partial charge in [0.15, 0.2) is 0 Å². The molecule has 2 aromatic heterocycles. The second kappa shape index (κ2) is 5.61. The molecule has 0 radical (unpaired) electrons. The van der Waals surface area contributed by atoms with Gasteiger partial charge in [0, 0.05) is 0 Å². The average Bonchev–Trinajstić information content (AvgIpc) is 2.86. The summed E-state index contributed by atoms with van der Waals surface area (Å²) in [6.07, 6.45) is 1.34. The molecule has 2 N–H and O–H groups in total. The third-order valence-corrected chi connectivity index (χ3v) is 4.49. The van der Waals surface area contributed by atoms with Gasteiger partial charge >= 0.3 is 0 Å². The van der Waals surface area contributed by atoms with Gasteiger partial charge in [0.25, 0.3) is 11.5 Å². The van der Waals surface area contributed by atoms with E-state index in [1.807, 2.05) is 12.1 Å². The van der Waals surface area contributed by atoms with E-state index in [1.165, 1.54) is 17.7 Å². The molecule has 0 aliphatic heterocycles. The molecule has 3 aromatic rings. The van der Waals surface area contributed by atoms with Crippen molar-refractivity contribution in [2.45, 2.75) is 6.92 Å². The highest BCUT2D eigenvalue weighted by molar-refractivity contribution is 7.20. The van der Waals surface area contributed by atoms with Crippen molar-refractivity contribution >= 4 is 33.1 Å². The number of methoxy groups -OCH3 is 1. The number of para-hydroxylation sites is 2. The highest BCUT2D eigenvalue weighted by atomic mass is 32.1. The molecule has 0 atom stereocenters. The molecule has 112 valence electrons. The number of amides is 1. The van der Waals surface area contributed by atoms with Crippen LogP contribution in [0.1, 0.15) is 15.2 Å². The SMILES string of the molecule is COc1ccccc1NC(=O)c1sc2nc[nH]c(=O)c2c1C. The van der Waals surface area contributed by atoms with E-state index in [0.29, 0.717) is 32.1 Å². The fourth-order valence-electron chi connectivity index (χ4n) is 2.22. The van der Waals surface area contributed by atoms with Gasteiger partial charge in [-0.05, 0) is 24.6 Å². The summed E-state index contributed by atoms with van der Waals surface area (Å²) < 4.78 is 5.21. The monoisotopic (exact) mass is 315 g/mol. The summed E-state index contributed by atoms with van der Waals surface area (Å²) in [4.78, 5) is 32.0. The summed E-state index contributed by atoms with van der Waals surface area (Å²) in [5.41, 5.74) is 0.963. The molecule has 22 heavy (non-hydrogen) atoms. The Balaban J connectivity index is 2.01. The Morgan fingerprint density at radius 3 is 2.86 bits per heavy atom. The Bertz CT molecular complexity index is 914. The standard InChI is InChI=1S/C15H13N3O3S/c1-8-11-13(19)16-7-17-15(11)22-12(8)14(20)18-9-5-3-4-6-10(9)21-2/h3-7H,1-2H3,(H,18,20)(H,16,17,19). The van der Waals surface area contributed by atoms with E-state index in [0.717, 1.165) is 0 Å². The Kier molecular flexibility index (Phi) is 3.64. The van der Waals surface area contributed by atoms with E-state index < -0.39 is 0 Å². The molecular formula is C15H13N3O3S. The van der Waals surface area contributed by atoms with Crippen LogP contribution in [0.3, 0.4) is 0 Å². The second-order valence-electron chi connectivity index (χ2n) is 4.62. The molecule has 0 saturated heterocycles. The number of aromatic nitrogens is 2. The Morgan fingerprint density at radius 1 is 1.36 bits per heavy atom. The smallest absolute Gasteiger partial charge is 0.266 e. The molecule has 0 aliphatic rings. The molecule has 0 fully saturated rings. The topological polar surface area (TPSA) is 84.1 Å². The summed E-state index contributed by atoms with van der Waals surface area (Å²) in [6, 6.07) is 7.15. The molecule has 6 nitrogen and oxygen atoms in total. The van der Waals surface area contributed by atoms with E-state index in [-0.39, 0.29) is 11.5 Å². The van der Waals surface area contributed by atoms with Gasteiger partial charge in [-0.1, -0.05) is 12.1 Å². The first-order chi connectivity index (χ1) is 10.6. The van der Waals surface area contributed by atoms with Gasteiger partial charge in [0.2, 0.25) is 0 Å². The van der Waals surface area contributed by atoms with Gasteiger partial charge in [-0.15, -0.1) is 11.3 Å². The number of ether oxygens (including phenoxy) is 1. The van der Waals surface area contributed by atoms with Crippen LogP contribution in [-0.2, 0) is 0 Å². The summed E-state index contributed by atoms with van der Waals surface area (Å²) in [6.45, 7) is 1.74. The highest BCUT2D eigenvalue weighted by Gasteiger charge is 2.19. The van der Waals surface area contributed by atoms with Crippen molar-refractivity contribution in [2.75, 3.05) is 12.4 Å². The average molecular weight is 315 g/mol. The number of benzene rings is 1. The molecule has 7 heteroatoms. The third-order valence-electron chi connectivity index (χ3n) is 3.29. The Morgan fingerprint density at radius 2 is 2.14 bits per heavy atom. The zero-order valence-corrected chi connectivity index (χ0v) is 12.8.